The van der Waals surface area contributed by atoms with Gasteiger partial charge in [-0.3, -0.25) is 0 Å². The Morgan fingerprint density at radius 3 is 2.95 bits per heavy atom. The lowest BCUT2D eigenvalue weighted by Gasteiger charge is -2.15. The fourth-order valence-electron chi connectivity index (χ4n) is 2.37. The third kappa shape index (κ3) is 2.43. The number of hydrogen-bond acceptors (Lipinski definition) is 3. The van der Waals surface area contributed by atoms with Crippen molar-refractivity contribution in [1.29, 1.82) is 0 Å². The topological polar surface area (TPSA) is 30.7 Å². The molecule has 1 unspecified atom stereocenters. The molecule has 20 heavy (non-hydrogen) atoms. The van der Waals surface area contributed by atoms with Crippen molar-refractivity contribution in [3.05, 3.63) is 45.6 Å². The van der Waals surface area contributed by atoms with E-state index >= 15 is 0 Å². The van der Waals surface area contributed by atoms with Crippen LogP contribution in [0.2, 0.25) is 5.02 Å². The normalized spacial score (nSPS) is 12.9. The van der Waals surface area contributed by atoms with Gasteiger partial charge in [0.15, 0.2) is 0 Å². The van der Waals surface area contributed by atoms with E-state index in [1.54, 1.807) is 11.3 Å². The second kappa shape index (κ2) is 5.72. The summed E-state index contributed by atoms with van der Waals surface area (Å²) in [4.78, 5) is 9.07. The van der Waals surface area contributed by atoms with Gasteiger partial charge >= 0.3 is 0 Å². The Labute approximate surface area is 131 Å². The number of thiazole rings is 1. The highest BCUT2D eigenvalue weighted by Gasteiger charge is 2.18. The molecule has 6 heteroatoms. The number of fused-ring (bicyclic) bond motifs is 1. The third-order valence-corrected chi connectivity index (χ3v) is 4.61. The van der Waals surface area contributed by atoms with Crippen LogP contribution in [0, 0.1) is 0 Å². The van der Waals surface area contributed by atoms with E-state index in [1.165, 1.54) is 0 Å². The molecule has 3 aromatic rings. The van der Waals surface area contributed by atoms with Gasteiger partial charge in [-0.25, -0.2) is 9.97 Å². The van der Waals surface area contributed by atoms with Crippen LogP contribution in [0.4, 0.5) is 0 Å². The van der Waals surface area contributed by atoms with Gasteiger partial charge in [-0.15, -0.1) is 22.9 Å². The Morgan fingerprint density at radius 1 is 1.40 bits per heavy atom. The predicted octanol–water partition coefficient (Wildman–Crippen LogP) is 4.54. The molecule has 0 fully saturated rings. The molecule has 0 saturated heterocycles. The molecule has 0 spiro atoms. The Morgan fingerprint density at radius 2 is 2.25 bits per heavy atom. The smallest absolute Gasteiger partial charge is 0.115 e. The number of nitrogens with zero attached hydrogens (tertiary/aromatic N) is 3. The van der Waals surface area contributed by atoms with Crippen molar-refractivity contribution >= 4 is 45.6 Å². The van der Waals surface area contributed by atoms with Gasteiger partial charge in [-0.1, -0.05) is 11.6 Å². The average molecular weight is 326 g/mol. The van der Waals surface area contributed by atoms with E-state index in [9.17, 15) is 0 Å². The van der Waals surface area contributed by atoms with Gasteiger partial charge in [-0.05, 0) is 25.1 Å². The second-order valence-corrected chi connectivity index (χ2v) is 6.26. The molecule has 3 nitrogen and oxygen atoms in total. The zero-order valence-corrected chi connectivity index (χ0v) is 13.2. The molecule has 0 bridgehead atoms. The summed E-state index contributed by atoms with van der Waals surface area (Å²) < 4.78 is 2.20. The van der Waals surface area contributed by atoms with Crippen molar-refractivity contribution in [3.8, 4) is 0 Å². The fourth-order valence-corrected chi connectivity index (χ4v) is 3.39. The van der Waals surface area contributed by atoms with E-state index in [0.717, 1.165) is 28.3 Å². The van der Waals surface area contributed by atoms with Crippen LogP contribution >= 0.6 is 34.5 Å². The largest absolute Gasteiger partial charge is 0.318 e. The van der Waals surface area contributed by atoms with E-state index in [4.69, 9.17) is 23.2 Å². The molecule has 0 aliphatic heterocycles. The minimum Gasteiger partial charge on any atom is -0.318 e. The number of hydrogen-bond donors (Lipinski definition) is 0. The summed E-state index contributed by atoms with van der Waals surface area (Å²) in [7, 11) is 0. The molecule has 0 amide bonds. The first-order valence-electron chi connectivity index (χ1n) is 6.32. The first-order chi connectivity index (χ1) is 9.70. The molecule has 104 valence electrons. The van der Waals surface area contributed by atoms with E-state index in [-0.39, 0.29) is 6.04 Å². The van der Waals surface area contributed by atoms with Gasteiger partial charge in [0.05, 0.1) is 17.1 Å². The molecule has 0 saturated carbocycles. The SMILES string of the molecule is CC(c1nccs1)n1c(CCCl)nc2cc(Cl)ccc21. The Hall–Kier alpha value is -1.10. The number of imidazole rings is 1. The van der Waals surface area contributed by atoms with Crippen molar-refractivity contribution in [2.24, 2.45) is 0 Å². The summed E-state index contributed by atoms with van der Waals surface area (Å²) in [5.41, 5.74) is 1.97. The summed E-state index contributed by atoms with van der Waals surface area (Å²) in [6, 6.07) is 5.92. The van der Waals surface area contributed by atoms with Crippen LogP contribution in [0.25, 0.3) is 11.0 Å². The molecule has 1 atom stereocenters. The summed E-state index contributed by atoms with van der Waals surface area (Å²) in [5, 5.41) is 3.75. The van der Waals surface area contributed by atoms with Gasteiger partial charge in [0.2, 0.25) is 0 Å². The zero-order chi connectivity index (χ0) is 14.1. The van der Waals surface area contributed by atoms with Crippen molar-refractivity contribution in [3.63, 3.8) is 0 Å². The molecule has 2 heterocycles. The summed E-state index contributed by atoms with van der Waals surface area (Å²) >= 11 is 13.6. The maximum absolute atomic E-state index is 6.05. The number of alkyl halides is 1. The monoisotopic (exact) mass is 325 g/mol. The highest BCUT2D eigenvalue weighted by atomic mass is 35.5. The molecular formula is C14H13Cl2N3S. The quantitative estimate of drug-likeness (QED) is 0.659. The summed E-state index contributed by atoms with van der Waals surface area (Å²) in [5.74, 6) is 1.52. The van der Waals surface area contributed by atoms with Gasteiger partial charge in [-0.2, -0.15) is 0 Å². The fraction of sp³-hybridized carbons (Fsp3) is 0.286. The zero-order valence-electron chi connectivity index (χ0n) is 10.9. The molecule has 0 N–H and O–H groups in total. The van der Waals surface area contributed by atoms with Crippen molar-refractivity contribution in [1.82, 2.24) is 14.5 Å². The van der Waals surface area contributed by atoms with Gasteiger partial charge in [0.25, 0.3) is 0 Å². The van der Waals surface area contributed by atoms with E-state index < -0.39 is 0 Å². The van der Waals surface area contributed by atoms with Crippen LogP contribution in [0.1, 0.15) is 23.8 Å². The lowest BCUT2D eigenvalue weighted by atomic mass is 10.2. The number of rotatable bonds is 4. The molecular weight excluding hydrogens is 313 g/mol. The first kappa shape index (κ1) is 13.9. The molecule has 0 aliphatic rings. The lowest BCUT2D eigenvalue weighted by molar-refractivity contribution is 0.620. The standard InChI is InChI=1S/C14H13Cl2N3S/c1-9(14-17-6-7-20-14)19-12-3-2-10(16)8-11(12)18-13(19)4-5-15/h2-3,6-9H,4-5H2,1H3. The van der Waals surface area contributed by atoms with E-state index in [0.29, 0.717) is 10.9 Å². The first-order valence-corrected chi connectivity index (χ1v) is 8.11. The Bertz CT molecular complexity index is 721. The van der Waals surface area contributed by atoms with Crippen molar-refractivity contribution in [2.75, 3.05) is 5.88 Å². The van der Waals surface area contributed by atoms with Gasteiger partial charge in [0.1, 0.15) is 10.8 Å². The van der Waals surface area contributed by atoms with Crippen LogP contribution in [-0.2, 0) is 6.42 Å². The highest BCUT2D eigenvalue weighted by Crippen LogP contribution is 2.28. The minimum atomic E-state index is 0.138. The van der Waals surface area contributed by atoms with E-state index in [2.05, 4.69) is 21.5 Å². The molecule has 0 aliphatic carbocycles. The number of aromatic nitrogens is 3. The molecule has 1 aromatic carbocycles. The second-order valence-electron chi connectivity index (χ2n) is 4.52. The minimum absolute atomic E-state index is 0.138. The molecule has 0 radical (unpaired) electrons. The third-order valence-electron chi connectivity index (χ3n) is 3.24. The van der Waals surface area contributed by atoms with Crippen LogP contribution in [0.3, 0.4) is 0 Å². The van der Waals surface area contributed by atoms with Crippen molar-refractivity contribution < 1.29 is 0 Å². The molecule has 3 rings (SSSR count). The summed E-state index contributed by atoms with van der Waals surface area (Å²) in [6.07, 6.45) is 2.55. The van der Waals surface area contributed by atoms with Crippen LogP contribution in [0.5, 0.6) is 0 Å². The maximum atomic E-state index is 6.05. The van der Waals surface area contributed by atoms with Gasteiger partial charge in [0, 0.05) is 28.9 Å². The Kier molecular flexibility index (Phi) is 3.96. The summed E-state index contributed by atoms with van der Waals surface area (Å²) in [6.45, 7) is 2.13. The van der Waals surface area contributed by atoms with Crippen molar-refractivity contribution in [2.45, 2.75) is 19.4 Å². The number of halogens is 2. The van der Waals surface area contributed by atoms with Gasteiger partial charge < -0.3 is 4.57 Å². The van der Waals surface area contributed by atoms with Crippen LogP contribution < -0.4 is 0 Å². The molecule has 2 aromatic heterocycles. The van der Waals surface area contributed by atoms with E-state index in [1.807, 2.05) is 29.8 Å². The predicted molar refractivity (Wildman–Crippen MR) is 85.1 cm³/mol. The number of aryl methyl sites for hydroxylation is 1. The average Bonchev–Trinajstić information content (AvgIpc) is 3.05. The van der Waals surface area contributed by atoms with Crippen LogP contribution in [0.15, 0.2) is 29.8 Å². The Balaban J connectivity index is 2.18. The lowest BCUT2D eigenvalue weighted by Crippen LogP contribution is -2.11. The van der Waals surface area contributed by atoms with Crippen LogP contribution in [-0.4, -0.2) is 20.4 Å². The number of benzene rings is 1. The highest BCUT2D eigenvalue weighted by molar-refractivity contribution is 7.09. The maximum Gasteiger partial charge on any atom is 0.115 e.